The van der Waals surface area contributed by atoms with Gasteiger partial charge in [0.15, 0.2) is 4.98 Å². The van der Waals surface area contributed by atoms with Crippen LogP contribution in [0.25, 0.3) is 4.98 Å². The highest BCUT2D eigenvalue weighted by atomic mass is 14.8. The average molecular weight is 135 g/mol. The first kappa shape index (κ1) is 8.64. The fourth-order valence-corrected chi connectivity index (χ4v) is 0.495. The fraction of sp³-hybridized carbons (Fsp3) is 0.250. The van der Waals surface area contributed by atoms with E-state index in [0.717, 1.165) is 0 Å². The minimum atomic E-state index is 0.590. The van der Waals surface area contributed by atoms with Gasteiger partial charge in [0.25, 0.3) is 0 Å². The highest BCUT2D eigenvalue weighted by molar-refractivity contribution is 5.42. The van der Waals surface area contributed by atoms with Crippen LogP contribution >= 0.6 is 0 Å². The zero-order valence-electron chi connectivity index (χ0n) is 6.28. The molecule has 52 valence electrons. The number of benzene rings is 1. The summed E-state index contributed by atoms with van der Waals surface area (Å²) in [5.74, 6) is 0. The molecule has 0 N–H and O–H groups in total. The van der Waals surface area contributed by atoms with Crippen molar-refractivity contribution >= 4 is 5.69 Å². The van der Waals surface area contributed by atoms with Crippen LogP contribution in [0.3, 0.4) is 0 Å². The van der Waals surface area contributed by atoms with E-state index in [1.165, 1.54) is 0 Å². The molecule has 2 nitrogen and oxygen atoms in total. The molecular weight excluding hydrogens is 124 g/mol. The van der Waals surface area contributed by atoms with Gasteiger partial charge in [-0.1, -0.05) is 32.0 Å². The lowest BCUT2D eigenvalue weighted by molar-refractivity contribution is 1.46. The second-order valence-corrected chi connectivity index (χ2v) is 1.44. The van der Waals surface area contributed by atoms with Gasteiger partial charge in [-0.05, 0) is 0 Å². The maximum atomic E-state index is 8.16. The summed E-state index contributed by atoms with van der Waals surface area (Å²) in [5.41, 5.74) is 0.590. The molecule has 0 spiro atoms. The van der Waals surface area contributed by atoms with Crippen molar-refractivity contribution in [2.24, 2.45) is 0 Å². The lowest BCUT2D eigenvalue weighted by atomic mass is 10.3. The quantitative estimate of drug-likeness (QED) is 0.502. The Bertz CT molecular complexity index is 198. The van der Waals surface area contributed by atoms with Crippen molar-refractivity contribution in [1.29, 1.82) is 5.39 Å². The molecule has 0 aliphatic heterocycles. The third kappa shape index (κ3) is 2.83. The summed E-state index contributed by atoms with van der Waals surface area (Å²) >= 11 is 0. The summed E-state index contributed by atoms with van der Waals surface area (Å²) in [5, 5.41) is 8.16. The monoisotopic (exact) mass is 135 g/mol. The molecule has 0 saturated carbocycles. The van der Waals surface area contributed by atoms with E-state index in [1.807, 2.05) is 32.0 Å². The van der Waals surface area contributed by atoms with Crippen molar-refractivity contribution in [2.45, 2.75) is 13.8 Å². The summed E-state index contributed by atoms with van der Waals surface area (Å²) in [6.45, 7) is 4.00. The van der Waals surface area contributed by atoms with Gasteiger partial charge in [0.1, 0.15) is 0 Å². The third-order valence-corrected chi connectivity index (χ3v) is 0.872. The molecule has 0 heterocycles. The van der Waals surface area contributed by atoms with Gasteiger partial charge in [-0.25, -0.2) is 0 Å². The molecule has 0 fully saturated rings. The van der Waals surface area contributed by atoms with Gasteiger partial charge in [0.05, 0.1) is 0 Å². The molecule has 0 aliphatic carbocycles. The van der Waals surface area contributed by atoms with E-state index < -0.39 is 0 Å². The molecule has 0 aliphatic rings. The van der Waals surface area contributed by atoms with Crippen LogP contribution in [0.5, 0.6) is 0 Å². The van der Waals surface area contributed by atoms with Gasteiger partial charge in [-0.3, -0.25) is 0 Å². The summed E-state index contributed by atoms with van der Waals surface area (Å²) in [4.78, 5) is 2.97. The van der Waals surface area contributed by atoms with Gasteiger partial charge >= 0.3 is 5.69 Å². The standard InChI is InChI=1S/C6H5N2.C2H6/c7-8-6-4-2-1-3-5-6;1-2/h1-5H;1-2H3/q+1;. The predicted octanol–water partition coefficient (Wildman–Crippen LogP) is 3.20. The van der Waals surface area contributed by atoms with Crippen LogP contribution < -0.4 is 0 Å². The predicted molar refractivity (Wildman–Crippen MR) is 42.5 cm³/mol. The van der Waals surface area contributed by atoms with Crippen LogP contribution in [-0.4, -0.2) is 0 Å². The van der Waals surface area contributed by atoms with E-state index in [0.29, 0.717) is 5.69 Å². The van der Waals surface area contributed by atoms with E-state index in [4.69, 9.17) is 5.39 Å². The van der Waals surface area contributed by atoms with E-state index in [2.05, 4.69) is 4.98 Å². The normalized spacial score (nSPS) is 6.90. The van der Waals surface area contributed by atoms with Crippen molar-refractivity contribution in [3.05, 3.63) is 35.3 Å². The molecule has 10 heavy (non-hydrogen) atoms. The van der Waals surface area contributed by atoms with Crippen LogP contribution in [0, 0.1) is 5.39 Å². The summed E-state index contributed by atoms with van der Waals surface area (Å²) in [6, 6.07) is 8.94. The van der Waals surface area contributed by atoms with Crippen molar-refractivity contribution < 1.29 is 0 Å². The van der Waals surface area contributed by atoms with Gasteiger partial charge < -0.3 is 0 Å². The summed E-state index contributed by atoms with van der Waals surface area (Å²) < 4.78 is 0. The highest BCUT2D eigenvalue weighted by Crippen LogP contribution is 2.07. The Morgan fingerprint density at radius 3 is 1.90 bits per heavy atom. The first-order chi connectivity index (χ1) is 4.93. The fourth-order valence-electron chi connectivity index (χ4n) is 0.495. The topological polar surface area (TPSA) is 28.1 Å². The Morgan fingerprint density at radius 1 is 1.10 bits per heavy atom. The van der Waals surface area contributed by atoms with E-state index in [1.54, 1.807) is 12.1 Å². The van der Waals surface area contributed by atoms with E-state index in [9.17, 15) is 0 Å². The lowest BCUT2D eigenvalue weighted by Crippen LogP contribution is -1.54. The van der Waals surface area contributed by atoms with Crippen molar-refractivity contribution in [3.8, 4) is 0 Å². The van der Waals surface area contributed by atoms with Crippen molar-refractivity contribution in [2.75, 3.05) is 0 Å². The van der Waals surface area contributed by atoms with Gasteiger partial charge in [0.2, 0.25) is 5.39 Å². The van der Waals surface area contributed by atoms with Gasteiger partial charge in [-0.15, -0.1) is 0 Å². The molecular formula is C8H11N2+. The molecule has 1 aromatic carbocycles. The molecule has 0 atom stereocenters. The molecule has 1 rings (SSSR count). The van der Waals surface area contributed by atoms with E-state index >= 15 is 0 Å². The van der Waals surface area contributed by atoms with Crippen LogP contribution in [-0.2, 0) is 0 Å². The maximum absolute atomic E-state index is 8.16. The smallest absolute Gasteiger partial charge is 0.0683 e. The SMILES string of the molecule is CC.N#[N+]c1ccccc1. The maximum Gasteiger partial charge on any atom is 0.385 e. The highest BCUT2D eigenvalue weighted by Gasteiger charge is 1.95. The molecule has 0 amide bonds. The Balaban J connectivity index is 0.000000371. The van der Waals surface area contributed by atoms with E-state index in [-0.39, 0.29) is 0 Å². The molecule has 0 unspecified atom stereocenters. The third-order valence-electron chi connectivity index (χ3n) is 0.872. The zero-order valence-corrected chi connectivity index (χ0v) is 6.28. The Labute approximate surface area is 61.1 Å². The van der Waals surface area contributed by atoms with Crippen molar-refractivity contribution in [1.82, 2.24) is 0 Å². The second kappa shape index (κ2) is 5.77. The largest absolute Gasteiger partial charge is 0.385 e. The zero-order chi connectivity index (χ0) is 7.82. The molecule has 0 radical (unpaired) electrons. The Kier molecular flexibility index (Phi) is 4.99. The molecule has 0 bridgehead atoms. The first-order valence-electron chi connectivity index (χ1n) is 3.33. The summed E-state index contributed by atoms with van der Waals surface area (Å²) in [6.07, 6.45) is 0. The Hall–Kier alpha value is -1.36. The summed E-state index contributed by atoms with van der Waals surface area (Å²) in [7, 11) is 0. The minimum absolute atomic E-state index is 0.590. The molecule has 2 heteroatoms. The van der Waals surface area contributed by atoms with Crippen LogP contribution in [0.15, 0.2) is 30.3 Å². The second-order valence-electron chi connectivity index (χ2n) is 1.44. The number of hydrogen-bond acceptors (Lipinski definition) is 1. The van der Waals surface area contributed by atoms with Crippen LogP contribution in [0.4, 0.5) is 5.69 Å². The van der Waals surface area contributed by atoms with Gasteiger partial charge in [0, 0.05) is 12.1 Å². The lowest BCUT2D eigenvalue weighted by Gasteiger charge is -1.69. The number of hydrogen-bond donors (Lipinski definition) is 0. The molecule has 0 saturated heterocycles. The number of nitrogens with zero attached hydrogens (tertiary/aromatic N) is 2. The van der Waals surface area contributed by atoms with Crippen molar-refractivity contribution in [3.63, 3.8) is 0 Å². The molecule has 0 aromatic heterocycles. The van der Waals surface area contributed by atoms with Gasteiger partial charge in [-0.2, -0.15) is 0 Å². The number of diazo groups is 1. The first-order valence-corrected chi connectivity index (χ1v) is 3.33. The number of rotatable bonds is 0. The average Bonchev–Trinajstić information content (AvgIpc) is 2.10. The minimum Gasteiger partial charge on any atom is -0.0683 e. The molecule has 1 aromatic rings. The van der Waals surface area contributed by atoms with Crippen LogP contribution in [0.2, 0.25) is 0 Å². The van der Waals surface area contributed by atoms with Crippen LogP contribution in [0.1, 0.15) is 13.8 Å². The Morgan fingerprint density at radius 2 is 1.60 bits per heavy atom.